The average molecular weight is 266 g/mol. The Morgan fingerprint density at radius 1 is 1.12 bits per heavy atom. The molecule has 86 valence electrons. The molecule has 0 N–H and O–H groups in total. The van der Waals surface area contributed by atoms with Gasteiger partial charge in [-0.25, -0.2) is 0 Å². The van der Waals surface area contributed by atoms with Gasteiger partial charge in [0.2, 0.25) is 0 Å². The fraction of sp³-hybridized carbons (Fsp3) is 0.0769. The molecule has 0 aliphatic heterocycles. The van der Waals surface area contributed by atoms with Crippen molar-refractivity contribution in [1.82, 2.24) is 4.98 Å². The van der Waals surface area contributed by atoms with Crippen molar-refractivity contribution in [3.63, 3.8) is 0 Å². The van der Waals surface area contributed by atoms with Gasteiger partial charge in [0.15, 0.2) is 5.78 Å². The van der Waals surface area contributed by atoms with Crippen molar-refractivity contribution < 1.29 is 4.79 Å². The van der Waals surface area contributed by atoms with E-state index < -0.39 is 0 Å². The second-order valence-electron chi connectivity index (χ2n) is 3.55. The monoisotopic (exact) mass is 265 g/mol. The number of hydrogen-bond donors (Lipinski definition) is 0. The van der Waals surface area contributed by atoms with Crippen molar-refractivity contribution in [2.24, 2.45) is 0 Å². The first-order valence-electron chi connectivity index (χ1n) is 5.04. The van der Waals surface area contributed by atoms with Gasteiger partial charge in [0.05, 0.1) is 10.0 Å². The SMILES string of the molecule is O=C(Cc1cccc(Cl)c1Cl)c1ccncc1. The highest BCUT2D eigenvalue weighted by atomic mass is 35.5. The molecule has 0 unspecified atom stereocenters. The zero-order valence-corrected chi connectivity index (χ0v) is 10.4. The molecular formula is C13H9Cl2NO. The molecule has 1 aromatic heterocycles. The molecule has 17 heavy (non-hydrogen) atoms. The van der Waals surface area contributed by atoms with E-state index in [4.69, 9.17) is 23.2 Å². The number of ketones is 1. The lowest BCUT2D eigenvalue weighted by molar-refractivity contribution is 0.0993. The Morgan fingerprint density at radius 2 is 1.82 bits per heavy atom. The molecule has 0 aliphatic rings. The molecule has 2 aromatic rings. The Morgan fingerprint density at radius 3 is 2.53 bits per heavy atom. The molecule has 0 bridgehead atoms. The van der Waals surface area contributed by atoms with Crippen LogP contribution in [0.5, 0.6) is 0 Å². The van der Waals surface area contributed by atoms with Gasteiger partial charge in [0.25, 0.3) is 0 Å². The average Bonchev–Trinajstić information content (AvgIpc) is 2.36. The van der Waals surface area contributed by atoms with Crippen molar-refractivity contribution >= 4 is 29.0 Å². The topological polar surface area (TPSA) is 30.0 Å². The van der Waals surface area contributed by atoms with Crippen LogP contribution >= 0.6 is 23.2 Å². The van der Waals surface area contributed by atoms with E-state index in [0.717, 1.165) is 5.56 Å². The first-order valence-corrected chi connectivity index (χ1v) is 5.80. The number of hydrogen-bond acceptors (Lipinski definition) is 2. The number of carbonyl (C=O) groups excluding carboxylic acids is 1. The summed E-state index contributed by atoms with van der Waals surface area (Å²) in [6.45, 7) is 0. The fourth-order valence-electron chi connectivity index (χ4n) is 1.50. The molecule has 0 fully saturated rings. The summed E-state index contributed by atoms with van der Waals surface area (Å²) < 4.78 is 0. The molecule has 2 rings (SSSR count). The second kappa shape index (κ2) is 5.30. The van der Waals surface area contributed by atoms with Gasteiger partial charge in [0.1, 0.15) is 0 Å². The Balaban J connectivity index is 2.22. The maximum absolute atomic E-state index is 11.9. The minimum absolute atomic E-state index is 0.00318. The highest BCUT2D eigenvalue weighted by Crippen LogP contribution is 2.26. The molecule has 0 amide bonds. The van der Waals surface area contributed by atoms with E-state index in [-0.39, 0.29) is 12.2 Å². The third-order valence-electron chi connectivity index (χ3n) is 2.38. The van der Waals surface area contributed by atoms with Gasteiger partial charge >= 0.3 is 0 Å². The van der Waals surface area contributed by atoms with Crippen LogP contribution in [-0.2, 0) is 6.42 Å². The van der Waals surface area contributed by atoms with E-state index in [0.29, 0.717) is 15.6 Å². The minimum atomic E-state index is -0.00318. The van der Waals surface area contributed by atoms with Crippen molar-refractivity contribution in [3.05, 3.63) is 63.9 Å². The number of pyridine rings is 1. The quantitative estimate of drug-likeness (QED) is 0.790. The fourth-order valence-corrected chi connectivity index (χ4v) is 1.88. The van der Waals surface area contributed by atoms with Crippen LogP contribution in [0.4, 0.5) is 0 Å². The van der Waals surface area contributed by atoms with E-state index in [9.17, 15) is 4.79 Å². The molecule has 1 aromatic carbocycles. The van der Waals surface area contributed by atoms with Crippen LogP contribution < -0.4 is 0 Å². The summed E-state index contributed by atoms with van der Waals surface area (Å²) in [5.41, 5.74) is 1.36. The van der Waals surface area contributed by atoms with Crippen LogP contribution in [-0.4, -0.2) is 10.8 Å². The number of nitrogens with zero attached hydrogens (tertiary/aromatic N) is 1. The van der Waals surface area contributed by atoms with Crippen LogP contribution in [0.3, 0.4) is 0 Å². The third-order valence-corrected chi connectivity index (χ3v) is 3.24. The Kier molecular flexibility index (Phi) is 3.77. The number of carbonyl (C=O) groups is 1. The number of rotatable bonds is 3. The molecule has 2 nitrogen and oxygen atoms in total. The van der Waals surface area contributed by atoms with E-state index in [1.165, 1.54) is 0 Å². The highest BCUT2D eigenvalue weighted by molar-refractivity contribution is 6.42. The first kappa shape index (κ1) is 12.1. The van der Waals surface area contributed by atoms with Gasteiger partial charge in [-0.2, -0.15) is 0 Å². The zero-order valence-electron chi connectivity index (χ0n) is 8.86. The van der Waals surface area contributed by atoms with Gasteiger partial charge in [0, 0.05) is 24.4 Å². The van der Waals surface area contributed by atoms with Gasteiger partial charge in [-0.3, -0.25) is 9.78 Å². The van der Waals surface area contributed by atoms with Crippen LogP contribution in [0, 0.1) is 0 Å². The molecule has 0 spiro atoms. The molecule has 0 atom stereocenters. The lowest BCUT2D eigenvalue weighted by Crippen LogP contribution is -2.04. The molecule has 0 aliphatic carbocycles. The minimum Gasteiger partial charge on any atom is -0.294 e. The summed E-state index contributed by atoms with van der Waals surface area (Å²) >= 11 is 11.9. The lowest BCUT2D eigenvalue weighted by Gasteiger charge is -2.05. The largest absolute Gasteiger partial charge is 0.294 e. The van der Waals surface area contributed by atoms with Crippen molar-refractivity contribution in [2.75, 3.05) is 0 Å². The number of Topliss-reactive ketones (excluding diaryl/α,β-unsaturated/α-hetero) is 1. The predicted octanol–water partition coefficient (Wildman–Crippen LogP) is 3.81. The summed E-state index contributed by atoms with van der Waals surface area (Å²) in [5.74, 6) is -0.00318. The van der Waals surface area contributed by atoms with Gasteiger partial charge in [-0.05, 0) is 23.8 Å². The summed E-state index contributed by atoms with van der Waals surface area (Å²) in [6, 6.07) is 8.64. The standard InChI is InChI=1S/C13H9Cl2NO/c14-11-3-1-2-10(13(11)15)8-12(17)9-4-6-16-7-5-9/h1-7H,8H2. The van der Waals surface area contributed by atoms with Crippen LogP contribution in [0.1, 0.15) is 15.9 Å². The lowest BCUT2D eigenvalue weighted by atomic mass is 10.0. The van der Waals surface area contributed by atoms with Crippen molar-refractivity contribution in [1.29, 1.82) is 0 Å². The zero-order chi connectivity index (χ0) is 12.3. The molecule has 1 heterocycles. The molecule has 0 radical (unpaired) electrons. The summed E-state index contributed by atoms with van der Waals surface area (Å²) in [4.78, 5) is 15.8. The Bertz CT molecular complexity index is 540. The molecular weight excluding hydrogens is 257 g/mol. The second-order valence-corrected chi connectivity index (χ2v) is 4.33. The van der Waals surface area contributed by atoms with Crippen molar-refractivity contribution in [2.45, 2.75) is 6.42 Å². The molecule has 0 saturated carbocycles. The Hall–Kier alpha value is -1.38. The number of benzene rings is 1. The van der Waals surface area contributed by atoms with Crippen LogP contribution in [0.15, 0.2) is 42.7 Å². The predicted molar refractivity (Wildman–Crippen MR) is 68.7 cm³/mol. The van der Waals surface area contributed by atoms with E-state index >= 15 is 0 Å². The van der Waals surface area contributed by atoms with Gasteiger partial charge < -0.3 is 0 Å². The van der Waals surface area contributed by atoms with Gasteiger partial charge in [-0.1, -0.05) is 35.3 Å². The summed E-state index contributed by atoms with van der Waals surface area (Å²) in [7, 11) is 0. The number of halogens is 2. The maximum Gasteiger partial charge on any atom is 0.167 e. The van der Waals surface area contributed by atoms with Crippen molar-refractivity contribution in [3.8, 4) is 0 Å². The third kappa shape index (κ3) is 2.84. The molecule has 4 heteroatoms. The number of aromatic nitrogens is 1. The van der Waals surface area contributed by atoms with Crippen LogP contribution in [0.2, 0.25) is 10.0 Å². The smallest absolute Gasteiger partial charge is 0.167 e. The highest BCUT2D eigenvalue weighted by Gasteiger charge is 2.10. The summed E-state index contributed by atoms with van der Waals surface area (Å²) in [6.07, 6.45) is 3.42. The van der Waals surface area contributed by atoms with Crippen LogP contribution in [0.25, 0.3) is 0 Å². The van der Waals surface area contributed by atoms with Gasteiger partial charge in [-0.15, -0.1) is 0 Å². The normalized spacial score (nSPS) is 10.2. The molecule has 0 saturated heterocycles. The summed E-state index contributed by atoms with van der Waals surface area (Å²) in [5, 5.41) is 0.906. The first-order chi connectivity index (χ1) is 8.18. The van der Waals surface area contributed by atoms with E-state index in [2.05, 4.69) is 4.98 Å². The van der Waals surface area contributed by atoms with E-state index in [1.54, 1.807) is 42.7 Å². The maximum atomic E-state index is 11.9. The van der Waals surface area contributed by atoms with E-state index in [1.807, 2.05) is 0 Å². The Labute approximate surface area is 109 Å².